The summed E-state index contributed by atoms with van der Waals surface area (Å²) in [5.74, 6) is 1.74. The molecule has 0 aliphatic carbocycles. The largest absolute Gasteiger partial charge is 0.454 e. The summed E-state index contributed by atoms with van der Waals surface area (Å²) >= 11 is 0. The second kappa shape index (κ2) is 15.0. The molecule has 7 heteroatoms. The quantitative estimate of drug-likeness (QED) is 0.113. The Bertz CT molecular complexity index is 3470. The van der Waals surface area contributed by atoms with Gasteiger partial charge in [0.1, 0.15) is 5.58 Å². The second-order valence-corrected chi connectivity index (χ2v) is 19.6. The van der Waals surface area contributed by atoms with Crippen LogP contribution in [0.15, 0.2) is 229 Å². The van der Waals surface area contributed by atoms with Gasteiger partial charge in [-0.05, 0) is 75.3 Å². The number of fused-ring (bicyclic) bond motifs is 6. The van der Waals surface area contributed by atoms with Crippen LogP contribution in [-0.2, 0) is 0 Å². The van der Waals surface area contributed by atoms with Gasteiger partial charge in [0.15, 0.2) is 31.1 Å². The first-order valence-corrected chi connectivity index (χ1v) is 23.1. The molecule has 6 nitrogen and oxygen atoms in total. The average Bonchev–Trinajstić information content (AvgIpc) is 3.91. The van der Waals surface area contributed by atoms with Crippen LogP contribution in [0.5, 0.6) is 0 Å². The Morgan fingerprint density at radius 1 is 0.365 bits per heavy atom. The molecule has 0 amide bonds. The molecule has 63 heavy (non-hydrogen) atoms. The van der Waals surface area contributed by atoms with Crippen molar-refractivity contribution < 1.29 is 4.42 Å². The lowest BCUT2D eigenvalue weighted by atomic mass is 10.1. The second-order valence-electron chi connectivity index (χ2n) is 15.8. The zero-order valence-corrected chi connectivity index (χ0v) is 35.0. The van der Waals surface area contributed by atoms with Crippen molar-refractivity contribution in [3.05, 3.63) is 225 Å². The van der Waals surface area contributed by atoms with Gasteiger partial charge in [-0.15, -0.1) is 0 Å². The molecule has 0 spiro atoms. The van der Waals surface area contributed by atoms with Crippen molar-refractivity contribution >= 4 is 72.6 Å². The molecule has 0 N–H and O–H groups in total. The first-order valence-electron chi connectivity index (χ1n) is 21.1. The SMILES string of the molecule is c1ccc([Si](c2ccccc2)(c2ccccc2)c2cccc(-c3nc(-c4ccc(-n5c6ccccc6c6ccccc65)cc4)nc(-c4ccc5c(c4)oc4cnccc45)n3)c2)cc1. The zero-order valence-electron chi connectivity index (χ0n) is 34.0. The van der Waals surface area contributed by atoms with Crippen LogP contribution in [0.4, 0.5) is 0 Å². The van der Waals surface area contributed by atoms with Crippen molar-refractivity contribution in [2.24, 2.45) is 0 Å². The van der Waals surface area contributed by atoms with E-state index in [1.165, 1.54) is 31.5 Å². The van der Waals surface area contributed by atoms with E-state index < -0.39 is 8.07 Å². The van der Waals surface area contributed by atoms with Crippen LogP contribution in [0.3, 0.4) is 0 Å². The Labute approximate surface area is 364 Å². The number of benzene rings is 8. The van der Waals surface area contributed by atoms with Gasteiger partial charge in [-0.3, -0.25) is 4.98 Å². The van der Waals surface area contributed by atoms with Gasteiger partial charge in [0.05, 0.1) is 17.2 Å². The maximum Gasteiger partial charge on any atom is 0.179 e. The smallest absolute Gasteiger partial charge is 0.179 e. The van der Waals surface area contributed by atoms with E-state index in [-0.39, 0.29) is 0 Å². The summed E-state index contributed by atoms with van der Waals surface area (Å²) in [4.78, 5) is 20.0. The Morgan fingerprint density at radius 2 is 0.857 bits per heavy atom. The molecule has 0 atom stereocenters. The fourth-order valence-electron chi connectivity index (χ4n) is 9.45. The number of rotatable bonds is 8. The molecule has 0 unspecified atom stereocenters. The molecule has 0 fully saturated rings. The van der Waals surface area contributed by atoms with Crippen molar-refractivity contribution in [3.63, 3.8) is 0 Å². The first-order chi connectivity index (χ1) is 31.2. The van der Waals surface area contributed by atoms with Gasteiger partial charge in [-0.2, -0.15) is 0 Å². The number of nitrogens with zero attached hydrogens (tertiary/aromatic N) is 5. The van der Waals surface area contributed by atoms with Gasteiger partial charge in [-0.25, -0.2) is 15.0 Å². The van der Waals surface area contributed by atoms with E-state index in [0.717, 1.165) is 55.3 Å². The minimum absolute atomic E-state index is 0.560. The molecular formula is C56H37N5OSi. The summed E-state index contributed by atoms with van der Waals surface area (Å²) in [6, 6.07) is 75.6. The summed E-state index contributed by atoms with van der Waals surface area (Å²) in [7, 11) is -2.83. The Balaban J connectivity index is 1.05. The van der Waals surface area contributed by atoms with Crippen molar-refractivity contribution in [2.45, 2.75) is 0 Å². The van der Waals surface area contributed by atoms with Crippen molar-refractivity contribution in [1.29, 1.82) is 0 Å². The molecule has 0 bridgehead atoms. The van der Waals surface area contributed by atoms with Crippen LogP contribution in [0.2, 0.25) is 0 Å². The van der Waals surface area contributed by atoms with Crippen molar-refractivity contribution in [3.8, 4) is 39.9 Å². The predicted octanol–water partition coefficient (Wildman–Crippen LogP) is 10.6. The third-order valence-corrected chi connectivity index (χ3v) is 17.1. The molecule has 4 aromatic heterocycles. The fraction of sp³-hybridized carbons (Fsp3) is 0. The summed E-state index contributed by atoms with van der Waals surface area (Å²) in [5.41, 5.74) is 7.51. The monoisotopic (exact) mass is 823 g/mol. The van der Waals surface area contributed by atoms with Gasteiger partial charge >= 0.3 is 0 Å². The van der Waals surface area contributed by atoms with Gasteiger partial charge in [0.25, 0.3) is 0 Å². The van der Waals surface area contributed by atoms with Gasteiger partial charge < -0.3 is 8.98 Å². The van der Waals surface area contributed by atoms with Crippen LogP contribution in [0.1, 0.15) is 0 Å². The van der Waals surface area contributed by atoms with Crippen LogP contribution >= 0.6 is 0 Å². The lowest BCUT2D eigenvalue weighted by molar-refractivity contribution is 0.667. The third kappa shape index (κ3) is 6.09. The lowest BCUT2D eigenvalue weighted by Gasteiger charge is -2.34. The number of pyridine rings is 1. The first kappa shape index (κ1) is 36.6. The van der Waals surface area contributed by atoms with Crippen molar-refractivity contribution in [1.82, 2.24) is 24.5 Å². The molecule has 0 saturated heterocycles. The summed E-state index contributed by atoms with van der Waals surface area (Å²) in [6.07, 6.45) is 3.55. The van der Waals surface area contributed by atoms with E-state index >= 15 is 0 Å². The molecule has 0 saturated carbocycles. The minimum Gasteiger partial charge on any atom is -0.454 e. The van der Waals surface area contributed by atoms with Crippen molar-refractivity contribution in [2.75, 3.05) is 0 Å². The number of para-hydroxylation sites is 2. The normalized spacial score (nSPS) is 11.8. The maximum atomic E-state index is 6.30. The van der Waals surface area contributed by atoms with Crippen LogP contribution in [0.25, 0.3) is 83.6 Å². The molecule has 0 aliphatic heterocycles. The highest BCUT2D eigenvalue weighted by molar-refractivity contribution is 7.19. The Morgan fingerprint density at radius 3 is 1.46 bits per heavy atom. The summed E-state index contributed by atoms with van der Waals surface area (Å²) in [5, 5.41) is 9.62. The van der Waals surface area contributed by atoms with E-state index in [9.17, 15) is 0 Å². The molecule has 12 aromatic rings. The standard InChI is InChI=1S/C56H37N5OSi/c1-4-16-42(17-5-1)63(43-18-6-2-7-19-43,44-20-8-3-9-21-44)45-22-14-15-39(35-45)55-58-54(59-56(60-55)40-29-32-48-49-33-34-57-37-53(49)62-52(48)36-40)38-27-30-41(31-28-38)61-50-25-12-10-23-46(50)47-24-11-13-26-51(47)61/h1-37H. The van der Waals surface area contributed by atoms with Crippen LogP contribution in [0, 0.1) is 0 Å². The molecule has 0 aliphatic rings. The van der Waals surface area contributed by atoms with E-state index in [2.05, 4.69) is 210 Å². The van der Waals surface area contributed by atoms with Gasteiger partial charge in [0.2, 0.25) is 0 Å². The number of hydrogen-bond acceptors (Lipinski definition) is 5. The Kier molecular flexibility index (Phi) is 8.72. The number of hydrogen-bond donors (Lipinski definition) is 0. The van der Waals surface area contributed by atoms with E-state index in [0.29, 0.717) is 17.5 Å². The highest BCUT2D eigenvalue weighted by Crippen LogP contribution is 2.34. The number of furan rings is 1. The summed E-state index contributed by atoms with van der Waals surface area (Å²) < 4.78 is 8.63. The molecule has 12 rings (SSSR count). The van der Waals surface area contributed by atoms with E-state index in [1.54, 1.807) is 12.4 Å². The molecule has 296 valence electrons. The van der Waals surface area contributed by atoms with Crippen LogP contribution < -0.4 is 20.7 Å². The molecule has 0 radical (unpaired) electrons. The average molecular weight is 824 g/mol. The molecule has 4 heterocycles. The Hall–Kier alpha value is -8.26. The third-order valence-electron chi connectivity index (χ3n) is 12.3. The lowest BCUT2D eigenvalue weighted by Crippen LogP contribution is -2.74. The van der Waals surface area contributed by atoms with Gasteiger partial charge in [-0.1, -0.05) is 158 Å². The number of aromatic nitrogens is 5. The summed E-state index contributed by atoms with van der Waals surface area (Å²) in [6.45, 7) is 0. The minimum atomic E-state index is -2.83. The highest BCUT2D eigenvalue weighted by Gasteiger charge is 2.41. The van der Waals surface area contributed by atoms with E-state index in [4.69, 9.17) is 19.4 Å². The van der Waals surface area contributed by atoms with Gasteiger partial charge in [0, 0.05) is 50.1 Å². The van der Waals surface area contributed by atoms with Crippen LogP contribution in [-0.4, -0.2) is 32.6 Å². The highest BCUT2D eigenvalue weighted by atomic mass is 28.3. The predicted molar refractivity (Wildman–Crippen MR) is 259 cm³/mol. The maximum absolute atomic E-state index is 6.30. The fourth-order valence-corrected chi connectivity index (χ4v) is 14.2. The molecular weight excluding hydrogens is 787 g/mol. The zero-order chi connectivity index (χ0) is 41.7. The topological polar surface area (TPSA) is 69.6 Å². The molecule has 8 aromatic carbocycles. The van der Waals surface area contributed by atoms with E-state index in [1.807, 2.05) is 12.1 Å².